The van der Waals surface area contributed by atoms with E-state index in [1.807, 2.05) is 19.1 Å². The number of likely N-dealkylation sites (tertiary alicyclic amines) is 1. The molecule has 2 fully saturated rings. The summed E-state index contributed by atoms with van der Waals surface area (Å²) in [6.07, 6.45) is 4.73. The summed E-state index contributed by atoms with van der Waals surface area (Å²) >= 11 is 0. The number of rotatable bonds is 3. The molecule has 3 aliphatic rings. The number of carbonyl (C=O) groups excluding carboxylic acids is 1. The largest absolute Gasteiger partial charge is 0.507 e. The fourth-order valence-electron chi connectivity index (χ4n) is 5.68. The third kappa shape index (κ3) is 2.31. The third-order valence-electron chi connectivity index (χ3n) is 6.85. The van der Waals surface area contributed by atoms with Gasteiger partial charge in [0.2, 0.25) is 0 Å². The van der Waals surface area contributed by atoms with Crippen molar-refractivity contribution >= 4 is 5.78 Å². The molecule has 1 aromatic rings. The first kappa shape index (κ1) is 16.8. The molecular formula is C21H27NO3. The topological polar surface area (TPSA) is 49.8 Å². The number of Topliss-reactive ketones (excluding diaryl/α,β-unsaturated/α-hetero) is 1. The summed E-state index contributed by atoms with van der Waals surface area (Å²) < 4.78 is 5.50. The lowest BCUT2D eigenvalue weighted by Gasteiger charge is -2.59. The zero-order valence-corrected chi connectivity index (χ0v) is 15.1. The van der Waals surface area contributed by atoms with Gasteiger partial charge < -0.3 is 9.84 Å². The number of ether oxygens (including phenoxy) is 1. The predicted molar refractivity (Wildman–Crippen MR) is 96.9 cm³/mol. The van der Waals surface area contributed by atoms with E-state index in [0.717, 1.165) is 43.5 Å². The first-order chi connectivity index (χ1) is 12.0. The zero-order valence-electron chi connectivity index (χ0n) is 15.1. The molecule has 4 heteroatoms. The summed E-state index contributed by atoms with van der Waals surface area (Å²) in [4.78, 5) is 15.3. The lowest BCUT2D eigenvalue weighted by molar-refractivity contribution is -0.142. The molecule has 2 unspecified atom stereocenters. The maximum absolute atomic E-state index is 12.8. The van der Waals surface area contributed by atoms with Crippen LogP contribution in [0, 0.1) is 12.8 Å². The number of benzene rings is 1. The van der Waals surface area contributed by atoms with Gasteiger partial charge in [0.25, 0.3) is 0 Å². The molecule has 0 amide bonds. The number of aryl methyl sites for hydroxylation is 1. The van der Waals surface area contributed by atoms with Crippen LogP contribution in [0.5, 0.6) is 5.75 Å². The minimum absolute atomic E-state index is 0.184. The minimum atomic E-state index is -0.308. The Balaban J connectivity index is 1.88. The standard InChI is InChI=1S/C21H27NO3/c1-4-8-22-9-7-21-12-17(23)18(25-3)11-15(21)16(22)10-14-6-5-13(2)20(24)19(14)21/h4-6,15-16,18,24H,1,7-12H2,2-3H3/t15-,16+,18?,21?/m1/s1. The van der Waals surface area contributed by atoms with Gasteiger partial charge in [-0.15, -0.1) is 6.58 Å². The van der Waals surface area contributed by atoms with Crippen LogP contribution in [0.2, 0.25) is 0 Å². The van der Waals surface area contributed by atoms with Gasteiger partial charge in [-0.25, -0.2) is 0 Å². The summed E-state index contributed by atoms with van der Waals surface area (Å²) in [7, 11) is 1.64. The first-order valence-corrected chi connectivity index (χ1v) is 9.24. The maximum Gasteiger partial charge on any atom is 0.162 e. The van der Waals surface area contributed by atoms with Gasteiger partial charge in [0.1, 0.15) is 11.9 Å². The average molecular weight is 341 g/mol. The normalized spacial score (nSPS) is 34.3. The molecule has 0 radical (unpaired) electrons. The highest BCUT2D eigenvalue weighted by Crippen LogP contribution is 2.57. The average Bonchev–Trinajstić information content (AvgIpc) is 2.59. The van der Waals surface area contributed by atoms with E-state index in [2.05, 4.69) is 17.5 Å². The molecule has 4 rings (SSSR count). The lowest BCUT2D eigenvalue weighted by Crippen LogP contribution is -2.63. The van der Waals surface area contributed by atoms with Crippen molar-refractivity contribution in [2.24, 2.45) is 5.92 Å². The van der Waals surface area contributed by atoms with Crippen molar-refractivity contribution in [2.45, 2.75) is 50.2 Å². The van der Waals surface area contributed by atoms with Crippen molar-refractivity contribution < 1.29 is 14.6 Å². The molecule has 0 spiro atoms. The highest BCUT2D eigenvalue weighted by molar-refractivity contribution is 5.86. The Morgan fingerprint density at radius 3 is 3.00 bits per heavy atom. The zero-order chi connectivity index (χ0) is 17.8. The molecule has 2 bridgehead atoms. The fourth-order valence-corrected chi connectivity index (χ4v) is 5.68. The molecule has 4 atom stereocenters. The van der Waals surface area contributed by atoms with Crippen molar-refractivity contribution in [3.05, 3.63) is 41.5 Å². The van der Waals surface area contributed by atoms with Crippen molar-refractivity contribution in [1.82, 2.24) is 4.90 Å². The molecule has 1 aromatic carbocycles. The number of methoxy groups -OCH3 is 1. The molecule has 25 heavy (non-hydrogen) atoms. The Hall–Kier alpha value is -1.65. The van der Waals surface area contributed by atoms with Gasteiger partial charge in [0.15, 0.2) is 5.78 Å². The van der Waals surface area contributed by atoms with Crippen LogP contribution in [0.25, 0.3) is 0 Å². The number of piperidine rings is 1. The number of fused-ring (bicyclic) bond motifs is 1. The summed E-state index contributed by atoms with van der Waals surface area (Å²) in [6.45, 7) is 7.68. The molecule has 4 nitrogen and oxygen atoms in total. The summed E-state index contributed by atoms with van der Waals surface area (Å²) in [5.74, 6) is 0.925. The smallest absolute Gasteiger partial charge is 0.162 e. The number of carbonyl (C=O) groups is 1. The molecule has 1 saturated carbocycles. The monoisotopic (exact) mass is 341 g/mol. The number of phenols is 1. The Morgan fingerprint density at radius 2 is 2.28 bits per heavy atom. The number of ketones is 1. The summed E-state index contributed by atoms with van der Waals surface area (Å²) in [5, 5.41) is 10.9. The van der Waals surface area contributed by atoms with Crippen LogP contribution in [0.4, 0.5) is 0 Å². The number of phenolic OH excluding ortho intramolecular Hbond substituents is 1. The van der Waals surface area contributed by atoms with Crippen LogP contribution in [0.15, 0.2) is 24.8 Å². The molecular weight excluding hydrogens is 314 g/mol. The van der Waals surface area contributed by atoms with E-state index in [4.69, 9.17) is 4.74 Å². The van der Waals surface area contributed by atoms with Gasteiger partial charge in [0.05, 0.1) is 0 Å². The Morgan fingerprint density at radius 1 is 1.48 bits per heavy atom. The van der Waals surface area contributed by atoms with Gasteiger partial charge in [-0.3, -0.25) is 9.69 Å². The van der Waals surface area contributed by atoms with E-state index < -0.39 is 0 Å². The van der Waals surface area contributed by atoms with E-state index in [1.54, 1.807) is 7.11 Å². The van der Waals surface area contributed by atoms with Crippen LogP contribution in [-0.4, -0.2) is 48.1 Å². The highest BCUT2D eigenvalue weighted by Gasteiger charge is 2.58. The Labute approximate surface area is 149 Å². The second kappa shape index (κ2) is 5.96. The van der Waals surface area contributed by atoms with Gasteiger partial charge in [-0.2, -0.15) is 0 Å². The van der Waals surface area contributed by atoms with Crippen LogP contribution >= 0.6 is 0 Å². The molecule has 1 N–H and O–H groups in total. The number of hydrogen-bond acceptors (Lipinski definition) is 4. The second-order valence-electron chi connectivity index (χ2n) is 7.94. The van der Waals surface area contributed by atoms with Crippen LogP contribution < -0.4 is 0 Å². The number of nitrogens with zero attached hydrogens (tertiary/aromatic N) is 1. The van der Waals surface area contributed by atoms with Crippen LogP contribution in [0.3, 0.4) is 0 Å². The van der Waals surface area contributed by atoms with Crippen LogP contribution in [0.1, 0.15) is 36.0 Å². The van der Waals surface area contributed by atoms with Crippen molar-refractivity contribution in [3.63, 3.8) is 0 Å². The molecule has 1 saturated heterocycles. The highest BCUT2D eigenvalue weighted by atomic mass is 16.5. The maximum atomic E-state index is 12.8. The summed E-state index contributed by atoms with van der Waals surface area (Å²) in [6, 6.07) is 4.54. The van der Waals surface area contributed by atoms with E-state index in [9.17, 15) is 9.90 Å². The predicted octanol–water partition coefficient (Wildman–Crippen LogP) is 2.75. The SMILES string of the molecule is C=CCN1CCC23CC(=O)C(OC)C[C@@H]2[C@@H]1Cc1ccc(C)c(O)c13. The summed E-state index contributed by atoms with van der Waals surface area (Å²) in [5.41, 5.74) is 2.93. The van der Waals surface area contributed by atoms with E-state index in [-0.39, 0.29) is 17.3 Å². The molecule has 2 aliphatic carbocycles. The Kier molecular flexibility index (Phi) is 4.00. The van der Waals surface area contributed by atoms with Crippen molar-refractivity contribution in [1.29, 1.82) is 0 Å². The van der Waals surface area contributed by atoms with Crippen molar-refractivity contribution in [3.8, 4) is 5.75 Å². The Bertz CT molecular complexity index is 728. The van der Waals surface area contributed by atoms with E-state index in [0.29, 0.717) is 24.1 Å². The first-order valence-electron chi connectivity index (χ1n) is 9.24. The van der Waals surface area contributed by atoms with Gasteiger partial charge in [-0.05, 0) is 49.8 Å². The molecule has 134 valence electrons. The molecule has 1 heterocycles. The lowest BCUT2D eigenvalue weighted by atomic mass is 9.51. The van der Waals surface area contributed by atoms with E-state index in [1.165, 1.54) is 5.56 Å². The minimum Gasteiger partial charge on any atom is -0.507 e. The molecule has 0 aromatic heterocycles. The van der Waals surface area contributed by atoms with E-state index >= 15 is 0 Å². The van der Waals surface area contributed by atoms with Gasteiger partial charge >= 0.3 is 0 Å². The van der Waals surface area contributed by atoms with Gasteiger partial charge in [-0.1, -0.05) is 18.2 Å². The number of aromatic hydroxyl groups is 1. The second-order valence-corrected chi connectivity index (χ2v) is 7.94. The van der Waals surface area contributed by atoms with Crippen LogP contribution in [-0.2, 0) is 21.4 Å². The fraction of sp³-hybridized carbons (Fsp3) is 0.571. The third-order valence-corrected chi connectivity index (χ3v) is 6.85. The van der Waals surface area contributed by atoms with Gasteiger partial charge in [0, 0.05) is 37.1 Å². The molecule has 1 aliphatic heterocycles. The van der Waals surface area contributed by atoms with Crippen molar-refractivity contribution in [2.75, 3.05) is 20.2 Å². The number of hydrogen-bond donors (Lipinski definition) is 1. The quantitative estimate of drug-likeness (QED) is 0.859.